The predicted octanol–water partition coefficient (Wildman–Crippen LogP) is 1.69. The highest BCUT2D eigenvalue weighted by Crippen LogP contribution is 2.31. The first-order valence-corrected chi connectivity index (χ1v) is 4.83. The summed E-state index contributed by atoms with van der Waals surface area (Å²) in [5.74, 6) is 0.852. The van der Waals surface area contributed by atoms with Crippen molar-refractivity contribution >= 4 is 15.9 Å². The largest absolute Gasteiger partial charge is 0.310 e. The van der Waals surface area contributed by atoms with Crippen LogP contribution in [0.15, 0.2) is 12.2 Å². The molecule has 3 unspecified atom stereocenters. The number of fused-ring (bicyclic) bond motifs is 1. The highest BCUT2D eigenvalue weighted by molar-refractivity contribution is 9.09. The summed E-state index contributed by atoms with van der Waals surface area (Å²) in [5.41, 5.74) is 0. The molecule has 0 aromatic heterocycles. The lowest BCUT2D eigenvalue weighted by Gasteiger charge is -2.24. The van der Waals surface area contributed by atoms with Gasteiger partial charge in [0.15, 0.2) is 0 Å². The van der Waals surface area contributed by atoms with Gasteiger partial charge in [-0.15, -0.1) is 0 Å². The van der Waals surface area contributed by atoms with E-state index in [-0.39, 0.29) is 0 Å². The molecule has 2 heteroatoms. The summed E-state index contributed by atoms with van der Waals surface area (Å²) in [6.07, 6.45) is 7.14. The molecule has 0 radical (unpaired) electrons. The Bertz CT molecular complexity index is 155. The standard InChI is InChI=1S/C8H12BrN/c9-7-2-1-3-8-6(7)4-5-10-8/h1,3,6-8,10H,2,4-5H2. The number of alkyl halides is 1. The minimum absolute atomic E-state index is 0.665. The molecule has 0 bridgehead atoms. The molecule has 0 aromatic carbocycles. The topological polar surface area (TPSA) is 12.0 Å². The molecule has 1 fully saturated rings. The predicted molar refractivity (Wildman–Crippen MR) is 46.4 cm³/mol. The highest BCUT2D eigenvalue weighted by Gasteiger charge is 2.31. The normalized spacial score (nSPS) is 45.5. The summed E-state index contributed by atoms with van der Waals surface area (Å²) in [6.45, 7) is 1.20. The fourth-order valence-electron chi connectivity index (χ4n) is 1.89. The molecule has 56 valence electrons. The molecule has 3 atom stereocenters. The minimum Gasteiger partial charge on any atom is -0.310 e. The Balaban J connectivity index is 2.14. The Kier molecular flexibility index (Phi) is 1.83. The van der Waals surface area contributed by atoms with Crippen LogP contribution in [0.4, 0.5) is 0 Å². The van der Waals surface area contributed by atoms with E-state index < -0.39 is 0 Å². The summed E-state index contributed by atoms with van der Waals surface area (Å²) < 4.78 is 0. The van der Waals surface area contributed by atoms with Gasteiger partial charge in [-0.05, 0) is 25.3 Å². The number of nitrogens with one attached hydrogen (secondary N) is 1. The molecular formula is C8H12BrN. The zero-order valence-corrected chi connectivity index (χ0v) is 7.47. The Hall–Kier alpha value is 0.180. The maximum Gasteiger partial charge on any atom is 0.0289 e. The van der Waals surface area contributed by atoms with Gasteiger partial charge in [-0.1, -0.05) is 28.1 Å². The van der Waals surface area contributed by atoms with Gasteiger partial charge in [0.2, 0.25) is 0 Å². The van der Waals surface area contributed by atoms with Gasteiger partial charge in [-0.25, -0.2) is 0 Å². The van der Waals surface area contributed by atoms with Gasteiger partial charge in [0.25, 0.3) is 0 Å². The lowest BCUT2D eigenvalue weighted by Crippen LogP contribution is -2.31. The van der Waals surface area contributed by atoms with Crippen LogP contribution in [0.2, 0.25) is 0 Å². The van der Waals surface area contributed by atoms with E-state index in [0.29, 0.717) is 6.04 Å². The fraction of sp³-hybridized carbons (Fsp3) is 0.750. The van der Waals surface area contributed by atoms with Crippen molar-refractivity contribution in [1.82, 2.24) is 5.32 Å². The third-order valence-corrected chi connectivity index (χ3v) is 3.54. The highest BCUT2D eigenvalue weighted by atomic mass is 79.9. The summed E-state index contributed by atoms with van der Waals surface area (Å²) in [4.78, 5) is 0.720. The van der Waals surface area contributed by atoms with Crippen LogP contribution in [0, 0.1) is 5.92 Å². The molecule has 2 rings (SSSR count). The molecule has 1 nitrogen and oxygen atoms in total. The SMILES string of the molecule is BrC1CC=CC2NCCC12. The van der Waals surface area contributed by atoms with Crippen LogP contribution in [-0.4, -0.2) is 17.4 Å². The van der Waals surface area contributed by atoms with Crippen LogP contribution in [0.1, 0.15) is 12.8 Å². The average molecular weight is 202 g/mol. The van der Waals surface area contributed by atoms with Crippen LogP contribution < -0.4 is 5.32 Å². The molecule has 1 N–H and O–H groups in total. The van der Waals surface area contributed by atoms with Crippen LogP contribution in [-0.2, 0) is 0 Å². The number of rotatable bonds is 0. The van der Waals surface area contributed by atoms with E-state index in [4.69, 9.17) is 0 Å². The minimum atomic E-state index is 0.665. The van der Waals surface area contributed by atoms with Gasteiger partial charge < -0.3 is 5.32 Å². The second-order valence-electron chi connectivity index (χ2n) is 3.11. The van der Waals surface area contributed by atoms with Crippen LogP contribution in [0.3, 0.4) is 0 Å². The second-order valence-corrected chi connectivity index (χ2v) is 4.29. The summed E-state index contributed by atoms with van der Waals surface area (Å²) >= 11 is 3.70. The van der Waals surface area contributed by atoms with Crippen molar-refractivity contribution in [2.45, 2.75) is 23.7 Å². The Morgan fingerprint density at radius 2 is 2.40 bits per heavy atom. The molecule has 0 aromatic rings. The monoisotopic (exact) mass is 201 g/mol. The molecule has 1 aliphatic heterocycles. The zero-order chi connectivity index (χ0) is 6.97. The van der Waals surface area contributed by atoms with E-state index in [2.05, 4.69) is 33.4 Å². The van der Waals surface area contributed by atoms with Crippen LogP contribution in [0.5, 0.6) is 0 Å². The molecule has 1 heterocycles. The third kappa shape index (κ3) is 1.04. The first kappa shape index (κ1) is 6.86. The van der Waals surface area contributed by atoms with Crippen molar-refractivity contribution in [2.75, 3.05) is 6.54 Å². The summed E-state index contributed by atoms with van der Waals surface area (Å²) in [6, 6.07) is 0.665. The number of halogens is 1. The van der Waals surface area contributed by atoms with E-state index in [1.807, 2.05) is 0 Å². The molecule has 0 spiro atoms. The fourth-order valence-corrected chi connectivity index (χ4v) is 2.70. The molecule has 10 heavy (non-hydrogen) atoms. The van der Waals surface area contributed by atoms with Crippen LogP contribution >= 0.6 is 15.9 Å². The van der Waals surface area contributed by atoms with Gasteiger partial charge in [-0.2, -0.15) is 0 Å². The lowest BCUT2D eigenvalue weighted by molar-refractivity contribution is 0.478. The van der Waals surface area contributed by atoms with E-state index >= 15 is 0 Å². The smallest absolute Gasteiger partial charge is 0.0289 e. The van der Waals surface area contributed by atoms with E-state index in [9.17, 15) is 0 Å². The quantitative estimate of drug-likeness (QED) is 0.465. The number of allylic oxidation sites excluding steroid dienone is 1. The van der Waals surface area contributed by atoms with Gasteiger partial charge in [0.05, 0.1) is 0 Å². The van der Waals surface area contributed by atoms with Crippen molar-refractivity contribution in [3.63, 3.8) is 0 Å². The van der Waals surface area contributed by atoms with Crippen molar-refractivity contribution in [3.05, 3.63) is 12.2 Å². The van der Waals surface area contributed by atoms with Crippen molar-refractivity contribution in [2.24, 2.45) is 5.92 Å². The zero-order valence-electron chi connectivity index (χ0n) is 5.89. The molecule has 0 saturated carbocycles. The van der Waals surface area contributed by atoms with Gasteiger partial charge in [0, 0.05) is 10.9 Å². The van der Waals surface area contributed by atoms with Crippen molar-refractivity contribution in [3.8, 4) is 0 Å². The Morgan fingerprint density at radius 1 is 1.50 bits per heavy atom. The molecule has 2 aliphatic rings. The van der Waals surface area contributed by atoms with Gasteiger partial charge in [0.1, 0.15) is 0 Å². The maximum absolute atomic E-state index is 3.70. The molecule has 1 aliphatic carbocycles. The first-order valence-electron chi connectivity index (χ1n) is 3.92. The third-order valence-electron chi connectivity index (χ3n) is 2.49. The number of hydrogen-bond acceptors (Lipinski definition) is 1. The van der Waals surface area contributed by atoms with Crippen molar-refractivity contribution < 1.29 is 0 Å². The average Bonchev–Trinajstić information content (AvgIpc) is 2.36. The van der Waals surface area contributed by atoms with Gasteiger partial charge >= 0.3 is 0 Å². The first-order chi connectivity index (χ1) is 4.88. The lowest BCUT2D eigenvalue weighted by atomic mass is 9.90. The molecule has 1 saturated heterocycles. The summed E-state index contributed by atoms with van der Waals surface area (Å²) in [5, 5.41) is 3.47. The maximum atomic E-state index is 3.70. The van der Waals surface area contributed by atoms with Crippen molar-refractivity contribution in [1.29, 1.82) is 0 Å². The van der Waals surface area contributed by atoms with Gasteiger partial charge in [-0.3, -0.25) is 0 Å². The Morgan fingerprint density at radius 3 is 3.20 bits per heavy atom. The van der Waals surface area contributed by atoms with E-state index in [0.717, 1.165) is 10.7 Å². The molecule has 0 amide bonds. The van der Waals surface area contributed by atoms with Crippen LogP contribution in [0.25, 0.3) is 0 Å². The molecular weight excluding hydrogens is 190 g/mol. The van der Waals surface area contributed by atoms with E-state index in [1.165, 1.54) is 19.4 Å². The summed E-state index contributed by atoms with van der Waals surface area (Å²) in [7, 11) is 0. The Labute approximate surface area is 70.0 Å². The number of hydrogen-bond donors (Lipinski definition) is 1. The van der Waals surface area contributed by atoms with E-state index in [1.54, 1.807) is 0 Å². The second kappa shape index (κ2) is 2.67.